The average molecular weight is 462 g/mol. The molecule has 3 heterocycles. The molecule has 0 saturated heterocycles. The van der Waals surface area contributed by atoms with E-state index < -0.39 is 9.84 Å². The molecule has 9 heteroatoms. The zero-order valence-electron chi connectivity index (χ0n) is 17.4. The van der Waals surface area contributed by atoms with Crippen LogP contribution in [0, 0.1) is 13.8 Å². The Morgan fingerprint density at radius 1 is 1.03 bits per heavy atom. The summed E-state index contributed by atoms with van der Waals surface area (Å²) >= 11 is 1.51. The molecule has 0 aliphatic heterocycles. The first-order chi connectivity index (χ1) is 15.4. The zero-order valence-corrected chi connectivity index (χ0v) is 19.0. The fourth-order valence-corrected chi connectivity index (χ4v) is 5.98. The van der Waals surface area contributed by atoms with E-state index in [-0.39, 0.29) is 26.8 Å². The number of benzene rings is 2. The van der Waals surface area contributed by atoms with Crippen molar-refractivity contribution in [3.05, 3.63) is 76.0 Å². The van der Waals surface area contributed by atoms with Crippen molar-refractivity contribution in [3.63, 3.8) is 0 Å². The molecule has 2 N–H and O–H groups in total. The maximum absolute atomic E-state index is 13.8. The molecule has 160 valence electrons. The smallest absolute Gasteiger partial charge is 0.212 e. The van der Waals surface area contributed by atoms with Crippen LogP contribution in [0.25, 0.3) is 22.2 Å². The number of nitrogens with two attached hydrogens (primary N) is 1. The molecular formula is C23H19N5O2S2. The number of thiophene rings is 1. The Hall–Kier alpha value is -3.56. The second-order valence-electron chi connectivity index (χ2n) is 7.44. The first-order valence-electron chi connectivity index (χ1n) is 9.83. The molecule has 2 aromatic carbocycles. The monoisotopic (exact) mass is 461 g/mol. The molecule has 5 aromatic rings. The van der Waals surface area contributed by atoms with Crippen LogP contribution in [0.4, 0.5) is 5.82 Å². The van der Waals surface area contributed by atoms with Crippen molar-refractivity contribution in [2.24, 2.45) is 5.10 Å². The first-order valence-corrected chi connectivity index (χ1v) is 12.2. The molecule has 3 aromatic heterocycles. The summed E-state index contributed by atoms with van der Waals surface area (Å²) in [6, 6.07) is 16.4. The number of anilines is 1. The van der Waals surface area contributed by atoms with Crippen molar-refractivity contribution in [1.29, 1.82) is 0 Å². The summed E-state index contributed by atoms with van der Waals surface area (Å²) in [5.41, 5.74) is 9.59. The van der Waals surface area contributed by atoms with Crippen molar-refractivity contribution < 1.29 is 8.42 Å². The molecular weight excluding hydrogens is 442 g/mol. The number of para-hydroxylation sites is 2. The van der Waals surface area contributed by atoms with Crippen molar-refractivity contribution in [3.8, 4) is 0 Å². The standard InChI is InChI=1S/C23H19N5O2S2/c1-14-9-10-15(2)19(12-14)32(29,30)21-20-23(27-18-8-4-3-7-17(18)26-20)28(22(21)24)25-13-16-6-5-11-31-16/h3-13H,24H2,1-2H3/b25-13-. The van der Waals surface area contributed by atoms with Gasteiger partial charge in [0.2, 0.25) is 9.84 Å². The van der Waals surface area contributed by atoms with E-state index in [9.17, 15) is 8.42 Å². The fraction of sp³-hybridized carbons (Fsp3) is 0.0870. The number of rotatable bonds is 4. The van der Waals surface area contributed by atoms with Gasteiger partial charge in [-0.1, -0.05) is 30.3 Å². The number of nitrogens with zero attached hydrogens (tertiary/aromatic N) is 4. The van der Waals surface area contributed by atoms with E-state index in [1.54, 1.807) is 31.3 Å². The lowest BCUT2D eigenvalue weighted by Crippen LogP contribution is -2.08. The van der Waals surface area contributed by atoms with Gasteiger partial charge in [-0.3, -0.25) is 0 Å². The van der Waals surface area contributed by atoms with Crippen LogP contribution in [0.3, 0.4) is 0 Å². The minimum absolute atomic E-state index is 0.0241. The first kappa shape index (κ1) is 20.3. The number of nitrogen functional groups attached to an aromatic ring is 1. The van der Waals surface area contributed by atoms with Crippen LogP contribution in [-0.4, -0.2) is 29.3 Å². The molecule has 32 heavy (non-hydrogen) atoms. The molecule has 0 aliphatic rings. The number of hydrogen-bond acceptors (Lipinski definition) is 7. The van der Waals surface area contributed by atoms with Gasteiger partial charge in [0.1, 0.15) is 16.2 Å². The number of fused-ring (bicyclic) bond motifs is 2. The minimum atomic E-state index is -3.99. The van der Waals surface area contributed by atoms with Gasteiger partial charge in [0, 0.05) is 4.88 Å². The highest BCUT2D eigenvalue weighted by atomic mass is 32.2. The van der Waals surface area contributed by atoms with E-state index in [0.717, 1.165) is 10.4 Å². The summed E-state index contributed by atoms with van der Waals surface area (Å²) in [5, 5.41) is 6.39. The normalized spacial score (nSPS) is 12.3. The van der Waals surface area contributed by atoms with E-state index >= 15 is 0 Å². The molecule has 0 bridgehead atoms. The predicted octanol–water partition coefficient (Wildman–Crippen LogP) is 4.56. The summed E-state index contributed by atoms with van der Waals surface area (Å²) in [6.07, 6.45) is 1.63. The van der Waals surface area contributed by atoms with Gasteiger partial charge < -0.3 is 5.73 Å². The molecule has 0 atom stereocenters. The van der Waals surface area contributed by atoms with Crippen LogP contribution < -0.4 is 5.73 Å². The number of aryl methyl sites for hydroxylation is 2. The van der Waals surface area contributed by atoms with Crippen molar-refractivity contribution >= 4 is 55.4 Å². The summed E-state index contributed by atoms with van der Waals surface area (Å²) in [7, 11) is -3.99. The maximum Gasteiger partial charge on any atom is 0.212 e. The van der Waals surface area contributed by atoms with Crippen LogP contribution in [0.15, 0.2) is 74.9 Å². The summed E-state index contributed by atoms with van der Waals surface area (Å²) in [4.78, 5) is 10.3. The SMILES string of the molecule is Cc1ccc(C)c(S(=O)(=O)c2c(N)n(/N=C\c3cccs3)c3nc4ccccc4nc23)c1. The van der Waals surface area contributed by atoms with E-state index in [0.29, 0.717) is 16.6 Å². The fourth-order valence-electron chi connectivity index (χ4n) is 3.59. The van der Waals surface area contributed by atoms with Crippen LogP contribution in [-0.2, 0) is 9.84 Å². The summed E-state index contributed by atoms with van der Waals surface area (Å²) in [5.74, 6) is -0.0241. The summed E-state index contributed by atoms with van der Waals surface area (Å²) < 4.78 is 29.0. The van der Waals surface area contributed by atoms with Gasteiger partial charge in [-0.25, -0.2) is 18.4 Å². The van der Waals surface area contributed by atoms with E-state index in [4.69, 9.17) is 5.73 Å². The Bertz CT molecular complexity index is 1620. The predicted molar refractivity (Wildman–Crippen MR) is 128 cm³/mol. The number of hydrogen-bond donors (Lipinski definition) is 1. The number of aromatic nitrogens is 3. The molecule has 0 unspecified atom stereocenters. The van der Waals surface area contributed by atoms with Crippen LogP contribution in [0.1, 0.15) is 16.0 Å². The van der Waals surface area contributed by atoms with Crippen molar-refractivity contribution in [2.45, 2.75) is 23.6 Å². The van der Waals surface area contributed by atoms with Gasteiger partial charge in [-0.15, -0.1) is 11.3 Å². The van der Waals surface area contributed by atoms with Gasteiger partial charge in [-0.05, 0) is 54.6 Å². The molecule has 0 spiro atoms. The van der Waals surface area contributed by atoms with Gasteiger partial charge >= 0.3 is 0 Å². The topological polar surface area (TPSA) is 103 Å². The summed E-state index contributed by atoms with van der Waals surface area (Å²) in [6.45, 7) is 3.61. The Balaban J connectivity index is 1.85. The second kappa shape index (κ2) is 7.54. The van der Waals surface area contributed by atoms with E-state index in [2.05, 4.69) is 15.1 Å². The van der Waals surface area contributed by atoms with Gasteiger partial charge in [-0.2, -0.15) is 9.78 Å². The maximum atomic E-state index is 13.8. The minimum Gasteiger partial charge on any atom is -0.382 e. The quantitative estimate of drug-likeness (QED) is 0.395. The van der Waals surface area contributed by atoms with E-state index in [1.165, 1.54) is 16.0 Å². The third-order valence-electron chi connectivity index (χ3n) is 5.17. The lowest BCUT2D eigenvalue weighted by atomic mass is 10.2. The highest BCUT2D eigenvalue weighted by Crippen LogP contribution is 2.36. The largest absolute Gasteiger partial charge is 0.382 e. The molecule has 0 fully saturated rings. The van der Waals surface area contributed by atoms with Gasteiger partial charge in [0.05, 0.1) is 22.1 Å². The molecule has 0 saturated carbocycles. The lowest BCUT2D eigenvalue weighted by molar-refractivity contribution is 0.596. The Morgan fingerprint density at radius 2 is 1.78 bits per heavy atom. The van der Waals surface area contributed by atoms with Crippen LogP contribution in [0.2, 0.25) is 0 Å². The second-order valence-corrected chi connectivity index (χ2v) is 10.3. The molecule has 5 rings (SSSR count). The molecule has 0 radical (unpaired) electrons. The third-order valence-corrected chi connectivity index (χ3v) is 7.94. The Kier molecular flexibility index (Phi) is 4.79. The van der Waals surface area contributed by atoms with Gasteiger partial charge in [0.15, 0.2) is 5.65 Å². The van der Waals surface area contributed by atoms with E-state index in [1.807, 2.05) is 48.7 Å². The lowest BCUT2D eigenvalue weighted by Gasteiger charge is -2.09. The highest BCUT2D eigenvalue weighted by molar-refractivity contribution is 7.92. The molecule has 7 nitrogen and oxygen atoms in total. The van der Waals surface area contributed by atoms with Gasteiger partial charge in [0.25, 0.3) is 0 Å². The van der Waals surface area contributed by atoms with Crippen LogP contribution >= 0.6 is 11.3 Å². The zero-order chi connectivity index (χ0) is 22.5. The van der Waals surface area contributed by atoms with Crippen molar-refractivity contribution in [2.75, 3.05) is 5.73 Å². The van der Waals surface area contributed by atoms with Crippen molar-refractivity contribution in [1.82, 2.24) is 14.6 Å². The molecule has 0 amide bonds. The van der Waals surface area contributed by atoms with Crippen LogP contribution in [0.5, 0.6) is 0 Å². The average Bonchev–Trinajstić information content (AvgIpc) is 3.38. The Morgan fingerprint density at radius 3 is 2.50 bits per heavy atom. The number of sulfone groups is 1. The molecule has 0 aliphatic carbocycles. The third kappa shape index (κ3) is 3.26. The highest BCUT2D eigenvalue weighted by Gasteiger charge is 2.31. The Labute approximate surface area is 188 Å².